The monoisotopic (exact) mass is 244 g/mol. The summed E-state index contributed by atoms with van der Waals surface area (Å²) in [5.74, 6) is -1.55. The molecule has 1 aromatic carbocycles. The summed E-state index contributed by atoms with van der Waals surface area (Å²) in [5.41, 5.74) is 0.172. The average molecular weight is 244 g/mol. The van der Waals surface area contributed by atoms with Crippen LogP contribution in [0.5, 0.6) is 5.75 Å². The van der Waals surface area contributed by atoms with Crippen LogP contribution in [0.2, 0.25) is 0 Å². The van der Waals surface area contributed by atoms with E-state index < -0.39 is 24.0 Å². The second kappa shape index (κ2) is 5.42. The maximum absolute atomic E-state index is 13.4. The molecular formula is C12H14F2O3. The van der Waals surface area contributed by atoms with Gasteiger partial charge in [0.15, 0.2) is 24.2 Å². The third kappa shape index (κ3) is 3.38. The highest BCUT2D eigenvalue weighted by Crippen LogP contribution is 2.29. The highest BCUT2D eigenvalue weighted by molar-refractivity contribution is 5.30. The largest absolute Gasteiger partial charge is 0.461 e. The lowest BCUT2D eigenvalue weighted by Gasteiger charge is -2.09. The topological polar surface area (TPSA) is 38.7 Å². The van der Waals surface area contributed by atoms with Gasteiger partial charge in [-0.25, -0.2) is 8.78 Å². The van der Waals surface area contributed by atoms with E-state index in [0.29, 0.717) is 12.5 Å². The maximum atomic E-state index is 13.4. The molecule has 0 aliphatic heterocycles. The molecule has 3 nitrogen and oxygen atoms in total. The Kier molecular flexibility index (Phi) is 3.91. The first kappa shape index (κ1) is 12.3. The second-order valence-corrected chi connectivity index (χ2v) is 4.12. The summed E-state index contributed by atoms with van der Waals surface area (Å²) in [4.78, 5) is 0. The van der Waals surface area contributed by atoms with Crippen molar-refractivity contribution in [2.24, 2.45) is 5.92 Å². The Hall–Kier alpha value is -1.20. The van der Waals surface area contributed by atoms with Gasteiger partial charge in [-0.2, -0.15) is 0 Å². The zero-order valence-electron chi connectivity index (χ0n) is 9.29. The predicted molar refractivity (Wildman–Crippen MR) is 56.5 cm³/mol. The van der Waals surface area contributed by atoms with Crippen molar-refractivity contribution in [2.45, 2.75) is 19.4 Å². The molecule has 1 aliphatic rings. The molecule has 2 rings (SSSR count). The third-order valence-electron chi connectivity index (χ3n) is 2.58. The predicted octanol–water partition coefficient (Wildman–Crippen LogP) is 2.22. The fourth-order valence-electron chi connectivity index (χ4n) is 1.44. The summed E-state index contributed by atoms with van der Waals surface area (Å²) in [7, 11) is 0. The van der Waals surface area contributed by atoms with Crippen LogP contribution in [0.3, 0.4) is 0 Å². The Morgan fingerprint density at radius 1 is 1.24 bits per heavy atom. The van der Waals surface area contributed by atoms with E-state index in [2.05, 4.69) is 0 Å². The third-order valence-corrected chi connectivity index (χ3v) is 2.58. The number of aliphatic hydroxyl groups excluding tert-OH is 1. The van der Waals surface area contributed by atoms with E-state index in [0.717, 1.165) is 25.0 Å². The Bertz CT molecular complexity index is 368. The molecule has 94 valence electrons. The highest BCUT2D eigenvalue weighted by atomic mass is 19.1. The molecule has 1 N–H and O–H groups in total. The van der Waals surface area contributed by atoms with E-state index in [1.54, 1.807) is 0 Å². The zero-order chi connectivity index (χ0) is 12.3. The molecule has 0 amide bonds. The van der Waals surface area contributed by atoms with E-state index in [1.165, 1.54) is 0 Å². The molecule has 0 heterocycles. The summed E-state index contributed by atoms with van der Waals surface area (Å²) < 4.78 is 36.7. The first-order valence-electron chi connectivity index (χ1n) is 5.50. The molecule has 0 spiro atoms. The average Bonchev–Trinajstić information content (AvgIpc) is 3.10. The van der Waals surface area contributed by atoms with Gasteiger partial charge in [-0.15, -0.1) is 0 Å². The fourth-order valence-corrected chi connectivity index (χ4v) is 1.44. The van der Waals surface area contributed by atoms with Gasteiger partial charge in [-0.3, -0.25) is 0 Å². The minimum Gasteiger partial charge on any atom is -0.461 e. The zero-order valence-corrected chi connectivity index (χ0v) is 9.29. The van der Waals surface area contributed by atoms with Crippen molar-refractivity contribution < 1.29 is 23.4 Å². The van der Waals surface area contributed by atoms with E-state index in [4.69, 9.17) is 14.6 Å². The Morgan fingerprint density at radius 3 is 2.41 bits per heavy atom. The lowest BCUT2D eigenvalue weighted by molar-refractivity contribution is 0.00568. The minimum atomic E-state index is -0.830. The molecule has 1 aromatic rings. The number of halogens is 2. The normalized spacial score (nSPS) is 15.0. The second-order valence-electron chi connectivity index (χ2n) is 4.12. The van der Waals surface area contributed by atoms with Gasteiger partial charge in [0.2, 0.25) is 0 Å². The van der Waals surface area contributed by atoms with Gasteiger partial charge < -0.3 is 14.6 Å². The highest BCUT2D eigenvalue weighted by Gasteiger charge is 2.21. The molecule has 0 aromatic heterocycles. The van der Waals surface area contributed by atoms with Crippen LogP contribution >= 0.6 is 0 Å². The van der Waals surface area contributed by atoms with E-state index in [-0.39, 0.29) is 12.4 Å². The van der Waals surface area contributed by atoms with Gasteiger partial charge in [0.1, 0.15) is 0 Å². The summed E-state index contributed by atoms with van der Waals surface area (Å²) in [6.07, 6.45) is 2.29. The first-order chi connectivity index (χ1) is 8.20. The van der Waals surface area contributed by atoms with Gasteiger partial charge in [0, 0.05) is 0 Å². The molecule has 0 saturated heterocycles. The Morgan fingerprint density at radius 2 is 1.88 bits per heavy atom. The SMILES string of the molecule is OCc1cc(F)c(OCOCC2CC2)c(F)c1. The number of hydrogen-bond acceptors (Lipinski definition) is 3. The quantitative estimate of drug-likeness (QED) is 0.616. The molecule has 1 aliphatic carbocycles. The van der Waals surface area contributed by atoms with Crippen LogP contribution in [0.25, 0.3) is 0 Å². The van der Waals surface area contributed by atoms with Gasteiger partial charge in [-0.05, 0) is 36.5 Å². The number of rotatable bonds is 6. The van der Waals surface area contributed by atoms with E-state index >= 15 is 0 Å². The van der Waals surface area contributed by atoms with Crippen LogP contribution < -0.4 is 4.74 Å². The van der Waals surface area contributed by atoms with E-state index in [1.807, 2.05) is 0 Å². The van der Waals surface area contributed by atoms with Crippen molar-refractivity contribution in [3.8, 4) is 5.75 Å². The van der Waals surface area contributed by atoms with Crippen LogP contribution in [0.15, 0.2) is 12.1 Å². The molecule has 0 unspecified atom stereocenters. The molecule has 1 fully saturated rings. The van der Waals surface area contributed by atoms with Gasteiger partial charge >= 0.3 is 0 Å². The molecule has 0 bridgehead atoms. The number of benzene rings is 1. The van der Waals surface area contributed by atoms with Crippen molar-refractivity contribution in [1.82, 2.24) is 0 Å². The van der Waals surface area contributed by atoms with Crippen molar-refractivity contribution in [3.05, 3.63) is 29.3 Å². The summed E-state index contributed by atoms with van der Waals surface area (Å²) in [6.45, 7) is -0.00687. The van der Waals surface area contributed by atoms with Crippen molar-refractivity contribution in [1.29, 1.82) is 0 Å². The minimum absolute atomic E-state index is 0.164. The van der Waals surface area contributed by atoms with Gasteiger partial charge in [0.05, 0.1) is 13.2 Å². The molecule has 0 atom stereocenters. The standard InChI is InChI=1S/C12H14F2O3/c13-10-3-9(5-15)4-11(14)12(10)17-7-16-6-8-1-2-8/h3-4,8,15H,1-2,5-7H2. The van der Waals surface area contributed by atoms with Crippen molar-refractivity contribution >= 4 is 0 Å². The summed E-state index contributed by atoms with van der Waals surface area (Å²) in [5, 5.41) is 8.76. The number of aliphatic hydroxyl groups is 1. The van der Waals surface area contributed by atoms with Crippen LogP contribution in [0.1, 0.15) is 18.4 Å². The first-order valence-corrected chi connectivity index (χ1v) is 5.50. The molecule has 5 heteroatoms. The molecular weight excluding hydrogens is 230 g/mol. The van der Waals surface area contributed by atoms with Crippen LogP contribution in [-0.4, -0.2) is 18.5 Å². The lowest BCUT2D eigenvalue weighted by Crippen LogP contribution is -2.07. The van der Waals surface area contributed by atoms with Crippen LogP contribution in [0, 0.1) is 17.6 Å². The van der Waals surface area contributed by atoms with Crippen molar-refractivity contribution in [2.75, 3.05) is 13.4 Å². The maximum Gasteiger partial charge on any atom is 0.193 e. The molecule has 17 heavy (non-hydrogen) atoms. The van der Waals surface area contributed by atoms with Gasteiger partial charge in [0.25, 0.3) is 0 Å². The smallest absolute Gasteiger partial charge is 0.193 e. The van der Waals surface area contributed by atoms with Crippen LogP contribution in [-0.2, 0) is 11.3 Å². The lowest BCUT2D eigenvalue weighted by atomic mass is 10.2. The fraction of sp³-hybridized carbons (Fsp3) is 0.500. The summed E-state index contributed by atoms with van der Waals surface area (Å²) in [6, 6.07) is 2.08. The Labute approximate surface area is 98.0 Å². The Balaban J connectivity index is 1.89. The van der Waals surface area contributed by atoms with E-state index in [9.17, 15) is 8.78 Å². The number of hydrogen-bond donors (Lipinski definition) is 1. The van der Waals surface area contributed by atoms with Crippen LogP contribution in [0.4, 0.5) is 8.78 Å². The molecule has 0 radical (unpaired) electrons. The molecule has 1 saturated carbocycles. The van der Waals surface area contributed by atoms with Gasteiger partial charge in [-0.1, -0.05) is 0 Å². The number of ether oxygens (including phenoxy) is 2. The van der Waals surface area contributed by atoms with Crippen molar-refractivity contribution in [3.63, 3.8) is 0 Å². The summed E-state index contributed by atoms with van der Waals surface area (Å²) >= 11 is 0.